The van der Waals surface area contributed by atoms with E-state index in [-0.39, 0.29) is 5.75 Å². The zero-order valence-electron chi connectivity index (χ0n) is 14.3. The van der Waals surface area contributed by atoms with Crippen molar-refractivity contribution < 1.29 is 13.2 Å². The molecule has 1 heterocycles. The molecule has 0 unspecified atom stereocenters. The first kappa shape index (κ1) is 20.1. The van der Waals surface area contributed by atoms with Crippen LogP contribution in [0.4, 0.5) is 0 Å². The smallest absolute Gasteiger partial charge is 0.213 e. The Balaban J connectivity index is 2.07. The van der Waals surface area contributed by atoms with E-state index in [2.05, 4.69) is 15.2 Å². The summed E-state index contributed by atoms with van der Waals surface area (Å²) in [7, 11) is -1.51. The molecule has 0 spiro atoms. The van der Waals surface area contributed by atoms with E-state index in [9.17, 15) is 8.42 Å². The van der Waals surface area contributed by atoms with Crippen molar-refractivity contribution >= 4 is 16.0 Å². The molecule has 136 valence electrons. The molecule has 1 fully saturated rings. The first-order chi connectivity index (χ1) is 11.0. The predicted molar refractivity (Wildman–Crippen MR) is 93.1 cm³/mol. The fraction of sp³-hybridized carbons (Fsp3) is 0.929. The number of hydrogen-bond acceptors (Lipinski definition) is 5. The minimum Gasteiger partial charge on any atom is -0.379 e. The number of nitrogens with zero attached hydrogens (tertiary/aromatic N) is 3. The first-order valence-electron chi connectivity index (χ1n) is 8.23. The van der Waals surface area contributed by atoms with Crippen molar-refractivity contribution in [3.8, 4) is 0 Å². The maximum atomic E-state index is 11.6. The van der Waals surface area contributed by atoms with E-state index in [1.54, 1.807) is 14.0 Å². The lowest BCUT2D eigenvalue weighted by Gasteiger charge is -2.26. The number of nitrogens with two attached hydrogens (primary N) is 1. The fourth-order valence-corrected chi connectivity index (χ4v) is 3.10. The molecule has 1 aliphatic rings. The molecule has 23 heavy (non-hydrogen) atoms. The van der Waals surface area contributed by atoms with Gasteiger partial charge >= 0.3 is 0 Å². The Labute approximate surface area is 140 Å². The molecule has 0 bridgehead atoms. The van der Waals surface area contributed by atoms with Gasteiger partial charge in [0.25, 0.3) is 0 Å². The van der Waals surface area contributed by atoms with Crippen LogP contribution in [0.2, 0.25) is 0 Å². The van der Waals surface area contributed by atoms with E-state index in [0.717, 1.165) is 45.8 Å². The third-order valence-electron chi connectivity index (χ3n) is 3.81. The molecule has 0 amide bonds. The second-order valence-corrected chi connectivity index (χ2v) is 7.94. The van der Waals surface area contributed by atoms with E-state index in [1.807, 2.05) is 0 Å². The second-order valence-electron chi connectivity index (χ2n) is 5.58. The summed E-state index contributed by atoms with van der Waals surface area (Å²) in [6.07, 6.45) is 1.67. The molecule has 0 radical (unpaired) electrons. The first-order valence-corrected chi connectivity index (χ1v) is 9.84. The number of rotatable bonds is 10. The number of morpholine rings is 1. The molecule has 0 aliphatic carbocycles. The highest BCUT2D eigenvalue weighted by Crippen LogP contribution is 1.99. The van der Waals surface area contributed by atoms with Gasteiger partial charge in [-0.25, -0.2) is 12.7 Å². The largest absolute Gasteiger partial charge is 0.379 e. The van der Waals surface area contributed by atoms with E-state index in [1.165, 1.54) is 4.31 Å². The number of guanidine groups is 1. The lowest BCUT2D eigenvalue weighted by Crippen LogP contribution is -2.39. The normalized spacial score (nSPS) is 17.6. The number of ether oxygens (including phenoxy) is 1. The van der Waals surface area contributed by atoms with Gasteiger partial charge in [-0.1, -0.05) is 0 Å². The van der Waals surface area contributed by atoms with Gasteiger partial charge < -0.3 is 15.8 Å². The van der Waals surface area contributed by atoms with Crippen molar-refractivity contribution in [2.24, 2.45) is 10.7 Å². The molecule has 0 saturated carbocycles. The van der Waals surface area contributed by atoms with Gasteiger partial charge in [0.05, 0.1) is 19.0 Å². The molecule has 0 aromatic rings. The summed E-state index contributed by atoms with van der Waals surface area (Å²) >= 11 is 0. The van der Waals surface area contributed by atoms with Gasteiger partial charge in [-0.05, 0) is 26.3 Å². The maximum absolute atomic E-state index is 11.6. The standard InChI is InChI=1S/C14H31N5O3S/c1-3-23(20,21)18(2)8-4-6-16-14(15)17-7-5-9-19-10-12-22-13-11-19/h3-13H2,1-2H3,(H3,15,16,17). The Kier molecular flexibility index (Phi) is 9.46. The van der Waals surface area contributed by atoms with Crippen molar-refractivity contribution in [3.05, 3.63) is 0 Å². The Hall–Kier alpha value is -0.900. The van der Waals surface area contributed by atoms with E-state index in [0.29, 0.717) is 25.5 Å². The molecule has 8 nitrogen and oxygen atoms in total. The Morgan fingerprint density at radius 3 is 2.70 bits per heavy atom. The molecule has 1 aliphatic heterocycles. The van der Waals surface area contributed by atoms with Crippen LogP contribution in [0, 0.1) is 0 Å². The Morgan fingerprint density at radius 1 is 1.35 bits per heavy atom. The molecule has 3 N–H and O–H groups in total. The van der Waals surface area contributed by atoms with Crippen molar-refractivity contribution in [1.29, 1.82) is 0 Å². The van der Waals surface area contributed by atoms with Crippen molar-refractivity contribution in [2.45, 2.75) is 19.8 Å². The summed E-state index contributed by atoms with van der Waals surface area (Å²) in [5.41, 5.74) is 5.80. The van der Waals surface area contributed by atoms with Crippen molar-refractivity contribution in [2.75, 3.05) is 65.3 Å². The van der Waals surface area contributed by atoms with Gasteiger partial charge in [0.1, 0.15) is 0 Å². The molecule has 0 aromatic heterocycles. The van der Waals surface area contributed by atoms with Crippen LogP contribution in [0.3, 0.4) is 0 Å². The van der Waals surface area contributed by atoms with Gasteiger partial charge in [-0.2, -0.15) is 0 Å². The van der Waals surface area contributed by atoms with Gasteiger partial charge in [-0.3, -0.25) is 9.89 Å². The average molecular weight is 350 g/mol. The van der Waals surface area contributed by atoms with Crippen LogP contribution >= 0.6 is 0 Å². The lowest BCUT2D eigenvalue weighted by atomic mass is 10.3. The highest BCUT2D eigenvalue weighted by Gasteiger charge is 2.13. The molecule has 1 rings (SSSR count). The van der Waals surface area contributed by atoms with Crippen LogP contribution in [0.25, 0.3) is 0 Å². The van der Waals surface area contributed by atoms with Gasteiger partial charge in [0.2, 0.25) is 10.0 Å². The van der Waals surface area contributed by atoms with E-state index < -0.39 is 10.0 Å². The molecular formula is C14H31N5O3S. The van der Waals surface area contributed by atoms with E-state index in [4.69, 9.17) is 10.5 Å². The van der Waals surface area contributed by atoms with Crippen LogP contribution in [0.5, 0.6) is 0 Å². The fourth-order valence-electron chi connectivity index (χ4n) is 2.25. The second kappa shape index (κ2) is 10.8. The highest BCUT2D eigenvalue weighted by atomic mass is 32.2. The minimum absolute atomic E-state index is 0.125. The molecule has 1 saturated heterocycles. The summed E-state index contributed by atoms with van der Waals surface area (Å²) in [5.74, 6) is 0.549. The monoisotopic (exact) mass is 349 g/mol. The zero-order chi connectivity index (χ0) is 17.1. The third kappa shape index (κ3) is 8.50. The Bertz CT molecular complexity index is 449. The summed E-state index contributed by atoms with van der Waals surface area (Å²) in [6, 6.07) is 0. The van der Waals surface area contributed by atoms with Crippen LogP contribution in [-0.2, 0) is 14.8 Å². The quantitative estimate of drug-likeness (QED) is 0.307. The summed E-state index contributed by atoms with van der Waals surface area (Å²) in [6.45, 7) is 8.08. The van der Waals surface area contributed by atoms with Gasteiger partial charge in [0.15, 0.2) is 5.96 Å². The van der Waals surface area contributed by atoms with Gasteiger partial charge in [0, 0.05) is 39.8 Å². The third-order valence-corrected chi connectivity index (χ3v) is 5.68. The lowest BCUT2D eigenvalue weighted by molar-refractivity contribution is 0.0376. The molecule has 9 heteroatoms. The average Bonchev–Trinajstić information content (AvgIpc) is 2.56. The Morgan fingerprint density at radius 2 is 2.04 bits per heavy atom. The maximum Gasteiger partial charge on any atom is 0.213 e. The minimum atomic E-state index is -3.10. The van der Waals surface area contributed by atoms with Crippen molar-refractivity contribution in [1.82, 2.24) is 14.5 Å². The number of hydrogen-bond donors (Lipinski definition) is 2. The summed E-state index contributed by atoms with van der Waals surface area (Å²) < 4.78 is 29.8. The summed E-state index contributed by atoms with van der Waals surface area (Å²) in [4.78, 5) is 6.59. The van der Waals surface area contributed by atoms with Crippen LogP contribution in [0.15, 0.2) is 4.99 Å². The zero-order valence-corrected chi connectivity index (χ0v) is 15.1. The highest BCUT2D eigenvalue weighted by molar-refractivity contribution is 7.89. The summed E-state index contributed by atoms with van der Waals surface area (Å²) in [5, 5.41) is 3.09. The van der Waals surface area contributed by atoms with Gasteiger partial charge in [-0.15, -0.1) is 0 Å². The van der Waals surface area contributed by atoms with Crippen LogP contribution in [-0.4, -0.2) is 88.9 Å². The number of nitrogens with one attached hydrogen (secondary N) is 1. The SMILES string of the molecule is CCS(=O)(=O)N(C)CCCN=C(N)NCCCN1CCOCC1. The van der Waals surface area contributed by atoms with E-state index >= 15 is 0 Å². The molecular weight excluding hydrogens is 318 g/mol. The predicted octanol–water partition coefficient (Wildman–Crippen LogP) is -0.715. The topological polar surface area (TPSA) is 100 Å². The molecule has 0 aromatic carbocycles. The van der Waals surface area contributed by atoms with Crippen molar-refractivity contribution in [3.63, 3.8) is 0 Å². The van der Waals surface area contributed by atoms with Crippen LogP contribution in [0.1, 0.15) is 19.8 Å². The number of aliphatic imine (C=N–C) groups is 1. The molecule has 0 atom stereocenters. The van der Waals surface area contributed by atoms with Crippen LogP contribution < -0.4 is 11.1 Å². The number of sulfonamides is 1.